The van der Waals surface area contributed by atoms with Crippen LogP contribution < -0.4 is 0 Å². The number of hydrogen-bond acceptors (Lipinski definition) is 4. The zero-order chi connectivity index (χ0) is 11.7. The van der Waals surface area contributed by atoms with E-state index in [1.165, 1.54) is 28.1 Å². The molecule has 0 spiro atoms. The molecule has 0 unspecified atom stereocenters. The predicted octanol–water partition coefficient (Wildman–Crippen LogP) is 6.13. The van der Waals surface area contributed by atoms with Crippen molar-refractivity contribution in [2.45, 2.75) is 27.7 Å². The van der Waals surface area contributed by atoms with Crippen LogP contribution in [-0.2, 0) is 0 Å². The summed E-state index contributed by atoms with van der Waals surface area (Å²) in [6, 6.07) is 0. The fraction of sp³-hybridized carbons (Fsp3) is 0.333. The van der Waals surface area contributed by atoms with E-state index in [9.17, 15) is 0 Å². The largest absolute Gasteiger partial charge is 0.0867 e. The fourth-order valence-electron chi connectivity index (χ4n) is 1.20. The van der Waals surface area contributed by atoms with Crippen molar-refractivity contribution in [2.75, 3.05) is 0 Å². The van der Waals surface area contributed by atoms with E-state index in [4.69, 9.17) is 0 Å². The second kappa shape index (κ2) is 5.34. The quantitative estimate of drug-likeness (QED) is 0.568. The lowest BCUT2D eigenvalue weighted by molar-refractivity contribution is 1.57. The molecule has 0 amide bonds. The van der Waals surface area contributed by atoms with Crippen LogP contribution in [0.3, 0.4) is 0 Å². The van der Waals surface area contributed by atoms with Crippen LogP contribution >= 0.6 is 47.0 Å². The molecule has 0 nitrogen and oxygen atoms in total. The second-order valence-corrected chi connectivity index (χ2v) is 9.15. The van der Waals surface area contributed by atoms with Gasteiger partial charge in [0.05, 0.1) is 0 Å². The van der Waals surface area contributed by atoms with Crippen LogP contribution in [0.4, 0.5) is 0 Å². The average molecular weight is 287 g/mol. The van der Waals surface area contributed by atoms with E-state index in [0.717, 1.165) is 0 Å². The smallest absolute Gasteiger partial charge is 0.0493 e. The van der Waals surface area contributed by atoms with E-state index in [2.05, 4.69) is 39.8 Å². The maximum Gasteiger partial charge on any atom is 0.0493 e. The lowest BCUT2D eigenvalue weighted by Gasteiger charge is -1.94. The maximum absolute atomic E-state index is 2.25. The van der Waals surface area contributed by atoms with Gasteiger partial charge in [-0.05, 0) is 59.5 Å². The van der Waals surface area contributed by atoms with Gasteiger partial charge in [-0.25, -0.2) is 0 Å². The minimum absolute atomic E-state index is 1.39. The summed E-state index contributed by atoms with van der Waals surface area (Å²) in [5.74, 6) is 0. The lowest BCUT2D eigenvalue weighted by atomic mass is 10.6. The SMILES string of the molecule is CC1=C(C)SC(=CC=C2SC(C)=C(C)S2)S1. The van der Waals surface area contributed by atoms with Crippen LogP contribution in [-0.4, -0.2) is 0 Å². The van der Waals surface area contributed by atoms with Gasteiger partial charge in [-0.2, -0.15) is 0 Å². The average Bonchev–Trinajstić information content (AvgIpc) is 2.70. The topological polar surface area (TPSA) is 0 Å². The molecule has 0 atom stereocenters. The van der Waals surface area contributed by atoms with Crippen molar-refractivity contribution < 1.29 is 0 Å². The van der Waals surface area contributed by atoms with Gasteiger partial charge in [0.1, 0.15) is 0 Å². The Morgan fingerprint density at radius 3 is 1.06 bits per heavy atom. The Morgan fingerprint density at radius 1 is 0.562 bits per heavy atom. The van der Waals surface area contributed by atoms with Gasteiger partial charge in [-0.3, -0.25) is 0 Å². The van der Waals surface area contributed by atoms with E-state index in [-0.39, 0.29) is 0 Å². The molecule has 0 aromatic heterocycles. The first-order valence-electron chi connectivity index (χ1n) is 5.04. The highest BCUT2D eigenvalue weighted by Crippen LogP contribution is 2.51. The molecule has 0 radical (unpaired) electrons. The molecule has 0 fully saturated rings. The van der Waals surface area contributed by atoms with E-state index >= 15 is 0 Å². The van der Waals surface area contributed by atoms with Gasteiger partial charge in [-0.1, -0.05) is 47.0 Å². The Kier molecular flexibility index (Phi) is 4.27. The number of allylic oxidation sites excluding steroid dienone is 6. The zero-order valence-electron chi connectivity index (χ0n) is 9.79. The summed E-state index contributed by atoms with van der Waals surface area (Å²) in [5, 5.41) is 0. The molecule has 16 heavy (non-hydrogen) atoms. The van der Waals surface area contributed by atoms with Gasteiger partial charge in [0.15, 0.2) is 0 Å². The number of rotatable bonds is 1. The van der Waals surface area contributed by atoms with Gasteiger partial charge in [0, 0.05) is 8.47 Å². The highest BCUT2D eigenvalue weighted by atomic mass is 32.2. The Hall–Kier alpha value is 0.360. The molecule has 0 aliphatic carbocycles. The summed E-state index contributed by atoms with van der Waals surface area (Å²) >= 11 is 7.54. The molecule has 0 saturated carbocycles. The van der Waals surface area contributed by atoms with Crippen molar-refractivity contribution in [1.29, 1.82) is 0 Å². The molecule has 0 N–H and O–H groups in total. The molecule has 2 rings (SSSR count). The van der Waals surface area contributed by atoms with Crippen molar-refractivity contribution in [2.24, 2.45) is 0 Å². The third-order valence-corrected chi connectivity index (χ3v) is 7.42. The van der Waals surface area contributed by atoms with Gasteiger partial charge in [0.25, 0.3) is 0 Å². The van der Waals surface area contributed by atoms with E-state index in [1.54, 1.807) is 0 Å². The molecule has 0 aromatic rings. The van der Waals surface area contributed by atoms with Crippen molar-refractivity contribution in [3.63, 3.8) is 0 Å². The van der Waals surface area contributed by atoms with Crippen LogP contribution in [0.2, 0.25) is 0 Å². The van der Waals surface area contributed by atoms with E-state index < -0.39 is 0 Å². The van der Waals surface area contributed by atoms with Crippen molar-refractivity contribution >= 4 is 47.0 Å². The van der Waals surface area contributed by atoms with Gasteiger partial charge < -0.3 is 0 Å². The Bertz CT molecular complexity index is 364. The molecule has 0 bridgehead atoms. The third-order valence-electron chi connectivity index (χ3n) is 2.36. The predicted molar refractivity (Wildman–Crippen MR) is 83.3 cm³/mol. The molecule has 2 aliphatic heterocycles. The van der Waals surface area contributed by atoms with Crippen LogP contribution in [0.5, 0.6) is 0 Å². The fourth-order valence-corrected chi connectivity index (χ4v) is 5.86. The van der Waals surface area contributed by atoms with E-state index in [1.807, 2.05) is 47.0 Å². The second-order valence-electron chi connectivity index (χ2n) is 3.60. The van der Waals surface area contributed by atoms with Gasteiger partial charge >= 0.3 is 0 Å². The molecule has 2 aliphatic rings. The molecule has 4 heteroatoms. The van der Waals surface area contributed by atoms with Gasteiger partial charge in [-0.15, -0.1) is 0 Å². The first-order chi connectivity index (χ1) is 7.56. The minimum atomic E-state index is 1.39. The number of hydrogen-bond donors (Lipinski definition) is 0. The van der Waals surface area contributed by atoms with Crippen molar-refractivity contribution in [1.82, 2.24) is 0 Å². The van der Waals surface area contributed by atoms with Crippen LogP contribution in [0.1, 0.15) is 27.7 Å². The Morgan fingerprint density at radius 2 is 0.812 bits per heavy atom. The monoisotopic (exact) mass is 286 g/mol. The molecular weight excluding hydrogens is 272 g/mol. The summed E-state index contributed by atoms with van der Waals surface area (Å²) in [5.41, 5.74) is 0. The van der Waals surface area contributed by atoms with E-state index in [0.29, 0.717) is 0 Å². The molecule has 86 valence electrons. The van der Waals surface area contributed by atoms with Gasteiger partial charge in [0.2, 0.25) is 0 Å². The van der Waals surface area contributed by atoms with Crippen molar-refractivity contribution in [3.8, 4) is 0 Å². The third kappa shape index (κ3) is 2.97. The standard InChI is InChI=1S/C12H14S4/c1-7-8(2)14-11(13-7)5-6-12-15-9(3)10(4)16-12/h5-6H,1-4H3. The minimum Gasteiger partial charge on any atom is -0.0867 e. The Balaban J connectivity index is 2.00. The number of thioether (sulfide) groups is 4. The summed E-state index contributed by atoms with van der Waals surface area (Å²) < 4.78 is 2.79. The molecule has 0 saturated heterocycles. The lowest BCUT2D eigenvalue weighted by Crippen LogP contribution is -1.62. The highest BCUT2D eigenvalue weighted by molar-refractivity contribution is 8.29. The normalized spacial score (nSPS) is 21.2. The molecule has 0 aromatic carbocycles. The summed E-state index contributed by atoms with van der Waals surface area (Å²) in [6.45, 7) is 8.76. The molecule has 2 heterocycles. The zero-order valence-corrected chi connectivity index (χ0v) is 13.1. The first-order valence-corrected chi connectivity index (χ1v) is 8.31. The summed E-state index contributed by atoms with van der Waals surface area (Å²) in [4.78, 5) is 5.75. The van der Waals surface area contributed by atoms with Crippen molar-refractivity contribution in [3.05, 3.63) is 40.2 Å². The summed E-state index contributed by atoms with van der Waals surface area (Å²) in [7, 11) is 0. The van der Waals surface area contributed by atoms with Crippen LogP contribution in [0.15, 0.2) is 40.2 Å². The molecular formula is C12H14S4. The van der Waals surface area contributed by atoms with Crippen LogP contribution in [0, 0.1) is 0 Å². The van der Waals surface area contributed by atoms with Crippen LogP contribution in [0.25, 0.3) is 0 Å². The highest BCUT2D eigenvalue weighted by Gasteiger charge is 2.15. The Labute approximate surface area is 114 Å². The summed E-state index contributed by atoms with van der Waals surface area (Å²) in [6.07, 6.45) is 4.49. The maximum atomic E-state index is 2.25. The first kappa shape index (κ1) is 12.8.